The van der Waals surface area contributed by atoms with Gasteiger partial charge in [-0.25, -0.2) is 4.57 Å². The third kappa shape index (κ3) is 39.2. The van der Waals surface area contributed by atoms with E-state index in [9.17, 15) is 19.4 Å². The van der Waals surface area contributed by atoms with Crippen molar-refractivity contribution in [2.75, 3.05) is 40.9 Å². The number of amides is 1. The summed E-state index contributed by atoms with van der Waals surface area (Å²) in [6, 6.07) is -0.856. The van der Waals surface area contributed by atoms with E-state index in [1.165, 1.54) is 148 Å². The average Bonchev–Trinajstić information content (AvgIpc) is 3.12. The van der Waals surface area contributed by atoms with E-state index < -0.39 is 20.0 Å². The third-order valence-corrected chi connectivity index (χ3v) is 11.2. The predicted molar refractivity (Wildman–Crippen MR) is 231 cm³/mol. The van der Waals surface area contributed by atoms with Crippen LogP contribution >= 0.6 is 7.82 Å². The van der Waals surface area contributed by atoms with Crippen LogP contribution < -0.4 is 5.32 Å². The summed E-state index contributed by atoms with van der Waals surface area (Å²) in [4.78, 5) is 23.0. The van der Waals surface area contributed by atoms with Crippen LogP contribution in [0.2, 0.25) is 0 Å². The SMILES string of the molecule is CCCCCCCCCCCCCCCCCCC/C=C/CC/C=C/C(O)C(COP(=O)(O)OCC[N+](C)(C)C)NC(=O)CCCCCCCCCCC. The summed E-state index contributed by atoms with van der Waals surface area (Å²) in [5.41, 5.74) is 0. The zero-order valence-electron chi connectivity index (χ0n) is 36.2. The Hall–Kier alpha value is -1.02. The molecule has 0 aliphatic rings. The molecule has 54 heavy (non-hydrogen) atoms. The number of hydrogen-bond acceptors (Lipinski definition) is 5. The Labute approximate surface area is 334 Å². The second-order valence-electron chi connectivity index (χ2n) is 16.8. The molecule has 3 unspecified atom stereocenters. The van der Waals surface area contributed by atoms with Crippen molar-refractivity contribution in [1.29, 1.82) is 0 Å². The van der Waals surface area contributed by atoms with Crippen molar-refractivity contribution in [2.45, 2.75) is 219 Å². The first-order valence-electron chi connectivity index (χ1n) is 22.7. The maximum Gasteiger partial charge on any atom is 0.472 e. The molecule has 0 radical (unpaired) electrons. The molecule has 0 aromatic carbocycles. The summed E-state index contributed by atoms with van der Waals surface area (Å²) in [6.07, 6.45) is 44.1. The number of hydrogen-bond donors (Lipinski definition) is 3. The lowest BCUT2D eigenvalue weighted by atomic mass is 10.0. The second-order valence-corrected chi connectivity index (χ2v) is 18.2. The molecule has 0 heterocycles. The van der Waals surface area contributed by atoms with E-state index in [0.29, 0.717) is 17.4 Å². The van der Waals surface area contributed by atoms with E-state index >= 15 is 0 Å². The Morgan fingerprint density at radius 3 is 1.48 bits per heavy atom. The maximum atomic E-state index is 12.8. The summed E-state index contributed by atoms with van der Waals surface area (Å²) >= 11 is 0. The van der Waals surface area contributed by atoms with Gasteiger partial charge in [-0.3, -0.25) is 13.8 Å². The topological polar surface area (TPSA) is 105 Å². The second kappa shape index (κ2) is 37.6. The number of allylic oxidation sites excluding steroid dienone is 3. The van der Waals surface area contributed by atoms with Crippen LogP contribution in [0, 0.1) is 0 Å². The molecule has 0 aromatic heterocycles. The van der Waals surface area contributed by atoms with Crippen LogP contribution in [-0.2, 0) is 18.4 Å². The van der Waals surface area contributed by atoms with Gasteiger partial charge in [0.1, 0.15) is 13.2 Å². The zero-order chi connectivity index (χ0) is 40.0. The Morgan fingerprint density at radius 2 is 1.02 bits per heavy atom. The Kier molecular flexibility index (Phi) is 36.8. The summed E-state index contributed by atoms with van der Waals surface area (Å²) in [6.45, 7) is 4.77. The van der Waals surface area contributed by atoms with Gasteiger partial charge in [-0.05, 0) is 32.1 Å². The number of quaternary nitrogens is 1. The van der Waals surface area contributed by atoms with Gasteiger partial charge in [0, 0.05) is 6.42 Å². The molecule has 0 rings (SSSR count). The molecule has 320 valence electrons. The van der Waals surface area contributed by atoms with Crippen molar-refractivity contribution in [3.05, 3.63) is 24.3 Å². The lowest BCUT2D eigenvalue weighted by Crippen LogP contribution is -2.45. The van der Waals surface area contributed by atoms with Crippen LogP contribution in [0.5, 0.6) is 0 Å². The fourth-order valence-electron chi connectivity index (χ4n) is 6.53. The van der Waals surface area contributed by atoms with Gasteiger partial charge in [0.05, 0.1) is 39.9 Å². The molecule has 0 saturated heterocycles. The molecule has 0 bridgehead atoms. The Morgan fingerprint density at radius 1 is 0.611 bits per heavy atom. The molecule has 9 heteroatoms. The van der Waals surface area contributed by atoms with Gasteiger partial charge in [-0.2, -0.15) is 0 Å². The highest BCUT2D eigenvalue weighted by Crippen LogP contribution is 2.43. The van der Waals surface area contributed by atoms with E-state index in [0.717, 1.165) is 38.5 Å². The lowest BCUT2D eigenvalue weighted by molar-refractivity contribution is -0.870. The van der Waals surface area contributed by atoms with Crippen molar-refractivity contribution in [1.82, 2.24) is 5.32 Å². The number of nitrogens with zero attached hydrogens (tertiary/aromatic N) is 1. The summed E-state index contributed by atoms with van der Waals surface area (Å²) < 4.78 is 23.5. The van der Waals surface area contributed by atoms with E-state index in [1.54, 1.807) is 6.08 Å². The van der Waals surface area contributed by atoms with Crippen molar-refractivity contribution in [2.24, 2.45) is 0 Å². The minimum Gasteiger partial charge on any atom is -0.387 e. The number of nitrogens with one attached hydrogen (secondary N) is 1. The first-order chi connectivity index (χ1) is 26.0. The highest BCUT2D eigenvalue weighted by molar-refractivity contribution is 7.47. The molecule has 0 fully saturated rings. The van der Waals surface area contributed by atoms with Crippen molar-refractivity contribution in [3.63, 3.8) is 0 Å². The number of aliphatic hydroxyl groups is 1. The number of aliphatic hydroxyl groups excluding tert-OH is 1. The molecular weight excluding hydrogens is 695 g/mol. The fourth-order valence-corrected chi connectivity index (χ4v) is 7.26. The standard InChI is InChI=1S/C45H89N2O6P/c1-6-8-10-12-14-16-17-18-19-20-21-22-23-24-25-26-27-28-29-31-32-34-36-38-44(48)43(42-53-54(50,51)52-41-40-47(3,4)5)46-45(49)39-37-35-33-30-15-13-11-9-7-2/h29,31,36,38,43-44,48H,6-28,30,32-35,37,39-42H2,1-5H3,(H-,46,49,50,51)/p+1/b31-29+,38-36+. The predicted octanol–water partition coefficient (Wildman–Crippen LogP) is 12.5. The molecule has 0 aliphatic heterocycles. The summed E-state index contributed by atoms with van der Waals surface area (Å²) in [5.74, 6) is -0.190. The van der Waals surface area contributed by atoms with Crippen molar-refractivity contribution in [3.8, 4) is 0 Å². The van der Waals surface area contributed by atoms with Crippen LogP contribution in [0.25, 0.3) is 0 Å². The molecule has 3 N–H and O–H groups in total. The van der Waals surface area contributed by atoms with Crippen molar-refractivity contribution < 1.29 is 32.9 Å². The van der Waals surface area contributed by atoms with Gasteiger partial charge in [-0.1, -0.05) is 192 Å². The number of phosphoric ester groups is 1. The zero-order valence-corrected chi connectivity index (χ0v) is 37.1. The van der Waals surface area contributed by atoms with Crippen LogP contribution in [0.3, 0.4) is 0 Å². The van der Waals surface area contributed by atoms with Gasteiger partial charge in [-0.15, -0.1) is 0 Å². The van der Waals surface area contributed by atoms with Crippen LogP contribution in [0.1, 0.15) is 206 Å². The molecule has 0 saturated carbocycles. The molecular formula is C45H90N2O6P+. The van der Waals surface area contributed by atoms with Gasteiger partial charge in [0.2, 0.25) is 5.91 Å². The van der Waals surface area contributed by atoms with Gasteiger partial charge >= 0.3 is 7.82 Å². The number of rotatable bonds is 41. The van der Waals surface area contributed by atoms with E-state index in [-0.39, 0.29) is 19.1 Å². The number of phosphoric acid groups is 1. The number of carbonyl (C=O) groups is 1. The first kappa shape index (κ1) is 53.0. The van der Waals surface area contributed by atoms with Gasteiger partial charge < -0.3 is 19.8 Å². The molecule has 1 amide bonds. The van der Waals surface area contributed by atoms with Crippen molar-refractivity contribution >= 4 is 13.7 Å². The first-order valence-corrected chi connectivity index (χ1v) is 24.2. The Bertz CT molecular complexity index is 938. The van der Waals surface area contributed by atoms with Gasteiger partial charge in [0.25, 0.3) is 0 Å². The van der Waals surface area contributed by atoms with Gasteiger partial charge in [0.15, 0.2) is 0 Å². The molecule has 8 nitrogen and oxygen atoms in total. The van der Waals surface area contributed by atoms with E-state index in [1.807, 2.05) is 27.2 Å². The maximum absolute atomic E-state index is 12.8. The highest BCUT2D eigenvalue weighted by Gasteiger charge is 2.27. The molecule has 3 atom stereocenters. The van der Waals surface area contributed by atoms with Crippen LogP contribution in [-0.4, -0.2) is 73.4 Å². The quantitative estimate of drug-likeness (QED) is 0.0247. The number of unbranched alkanes of at least 4 members (excludes halogenated alkanes) is 26. The molecule has 0 spiro atoms. The smallest absolute Gasteiger partial charge is 0.387 e. The summed E-state index contributed by atoms with van der Waals surface area (Å²) in [5, 5.41) is 13.8. The largest absolute Gasteiger partial charge is 0.472 e. The molecule has 0 aromatic rings. The molecule has 0 aliphatic carbocycles. The summed E-state index contributed by atoms with van der Waals surface area (Å²) in [7, 11) is 1.56. The fraction of sp³-hybridized carbons (Fsp3) is 0.889. The monoisotopic (exact) mass is 786 g/mol. The normalized spacial score (nSPS) is 14.6. The number of likely N-dealkylation sites (N-methyl/N-ethyl adjacent to an activating group) is 1. The average molecular weight is 786 g/mol. The van der Waals surface area contributed by atoms with E-state index in [2.05, 4.69) is 31.3 Å². The third-order valence-electron chi connectivity index (χ3n) is 10.2. The van der Waals surface area contributed by atoms with Crippen LogP contribution in [0.15, 0.2) is 24.3 Å². The number of carbonyl (C=O) groups excluding carboxylic acids is 1. The minimum absolute atomic E-state index is 0.0579. The minimum atomic E-state index is -4.34. The van der Waals surface area contributed by atoms with Crippen LogP contribution in [0.4, 0.5) is 0 Å². The Balaban J connectivity index is 4.30. The van der Waals surface area contributed by atoms with E-state index in [4.69, 9.17) is 9.05 Å². The lowest BCUT2D eigenvalue weighted by Gasteiger charge is -2.25. The highest BCUT2D eigenvalue weighted by atomic mass is 31.2.